The topological polar surface area (TPSA) is 20.2 Å². The van der Waals surface area contributed by atoms with Crippen molar-refractivity contribution in [3.05, 3.63) is 11.6 Å². The highest BCUT2D eigenvalue weighted by Gasteiger charge is 2.19. The standard InChI is InChI=1S/C10H18O.C2H6/c1-7(2)9-5-4-8(3)10(11)6-9;1-2/h6-8,10-11H,4-5H2,1-3H3;1-2H3. The lowest BCUT2D eigenvalue weighted by Gasteiger charge is -2.25. The molecule has 0 aromatic heterocycles. The van der Waals surface area contributed by atoms with Gasteiger partial charge in [0.2, 0.25) is 0 Å². The molecule has 0 fully saturated rings. The Bertz CT molecular complexity index is 159. The molecule has 0 saturated heterocycles. The summed E-state index contributed by atoms with van der Waals surface area (Å²) in [6.45, 7) is 10.5. The molecule has 0 aromatic carbocycles. The van der Waals surface area contributed by atoms with Gasteiger partial charge in [0.1, 0.15) is 0 Å². The van der Waals surface area contributed by atoms with E-state index in [4.69, 9.17) is 0 Å². The molecule has 1 nitrogen and oxygen atoms in total. The van der Waals surface area contributed by atoms with E-state index in [1.54, 1.807) is 0 Å². The second-order valence-electron chi connectivity index (χ2n) is 3.90. The summed E-state index contributed by atoms with van der Waals surface area (Å²) in [5.74, 6) is 1.06. The highest BCUT2D eigenvalue weighted by Crippen LogP contribution is 2.27. The third-order valence-electron chi connectivity index (χ3n) is 2.60. The fourth-order valence-corrected chi connectivity index (χ4v) is 1.51. The average molecular weight is 184 g/mol. The van der Waals surface area contributed by atoms with Gasteiger partial charge in [-0.15, -0.1) is 0 Å². The van der Waals surface area contributed by atoms with Gasteiger partial charge in [-0.3, -0.25) is 0 Å². The minimum Gasteiger partial charge on any atom is -0.389 e. The van der Waals surface area contributed by atoms with Crippen molar-refractivity contribution < 1.29 is 5.11 Å². The summed E-state index contributed by atoms with van der Waals surface area (Å²) in [6, 6.07) is 0. The van der Waals surface area contributed by atoms with Crippen molar-refractivity contribution in [2.75, 3.05) is 0 Å². The van der Waals surface area contributed by atoms with Gasteiger partial charge in [-0.05, 0) is 24.7 Å². The molecule has 1 rings (SSSR count). The van der Waals surface area contributed by atoms with Crippen molar-refractivity contribution in [1.29, 1.82) is 0 Å². The number of rotatable bonds is 1. The van der Waals surface area contributed by atoms with Crippen molar-refractivity contribution in [2.45, 2.75) is 53.6 Å². The molecule has 0 heterocycles. The van der Waals surface area contributed by atoms with Gasteiger partial charge < -0.3 is 5.11 Å². The maximum atomic E-state index is 9.52. The molecule has 1 aliphatic rings. The largest absolute Gasteiger partial charge is 0.389 e. The summed E-state index contributed by atoms with van der Waals surface area (Å²) < 4.78 is 0. The third kappa shape index (κ3) is 3.95. The zero-order valence-electron chi connectivity index (χ0n) is 9.67. The van der Waals surface area contributed by atoms with Crippen LogP contribution in [-0.4, -0.2) is 11.2 Å². The molecule has 0 bridgehead atoms. The van der Waals surface area contributed by atoms with E-state index < -0.39 is 0 Å². The van der Waals surface area contributed by atoms with E-state index in [1.807, 2.05) is 19.9 Å². The van der Waals surface area contributed by atoms with Crippen LogP contribution in [0.25, 0.3) is 0 Å². The summed E-state index contributed by atoms with van der Waals surface area (Å²) in [6.07, 6.45) is 4.17. The first-order chi connectivity index (χ1) is 6.11. The van der Waals surface area contributed by atoms with E-state index in [9.17, 15) is 5.11 Å². The first-order valence-corrected chi connectivity index (χ1v) is 5.50. The summed E-state index contributed by atoms with van der Waals surface area (Å²) in [5, 5.41) is 9.52. The maximum absolute atomic E-state index is 9.52. The van der Waals surface area contributed by atoms with E-state index in [0.717, 1.165) is 6.42 Å². The molecule has 13 heavy (non-hydrogen) atoms. The molecule has 78 valence electrons. The fourth-order valence-electron chi connectivity index (χ4n) is 1.51. The highest BCUT2D eigenvalue weighted by molar-refractivity contribution is 5.11. The number of aliphatic hydroxyl groups is 1. The van der Waals surface area contributed by atoms with E-state index >= 15 is 0 Å². The van der Waals surface area contributed by atoms with Crippen molar-refractivity contribution in [3.8, 4) is 0 Å². The van der Waals surface area contributed by atoms with Crippen LogP contribution in [-0.2, 0) is 0 Å². The SMILES string of the molecule is CC.CC(C)C1=CC(O)C(C)CC1. The van der Waals surface area contributed by atoms with Gasteiger partial charge in [0.25, 0.3) is 0 Å². The summed E-state index contributed by atoms with van der Waals surface area (Å²) >= 11 is 0. The average Bonchev–Trinajstić information content (AvgIpc) is 2.13. The van der Waals surface area contributed by atoms with Gasteiger partial charge in [0.15, 0.2) is 0 Å². The van der Waals surface area contributed by atoms with Gasteiger partial charge in [-0.1, -0.05) is 46.3 Å². The lowest BCUT2D eigenvalue weighted by Crippen LogP contribution is -2.21. The number of hydrogen-bond donors (Lipinski definition) is 1. The second kappa shape index (κ2) is 6.20. The molecule has 1 aliphatic carbocycles. The molecule has 0 amide bonds. The van der Waals surface area contributed by atoms with Crippen LogP contribution < -0.4 is 0 Å². The molecular formula is C12H24O. The van der Waals surface area contributed by atoms with E-state index in [-0.39, 0.29) is 6.10 Å². The molecule has 2 atom stereocenters. The minimum atomic E-state index is -0.193. The Kier molecular flexibility index (Phi) is 6.06. The molecule has 1 heteroatoms. The fraction of sp³-hybridized carbons (Fsp3) is 0.833. The molecule has 0 spiro atoms. The Hall–Kier alpha value is -0.300. The van der Waals surface area contributed by atoms with Crippen molar-refractivity contribution >= 4 is 0 Å². The molecule has 1 N–H and O–H groups in total. The van der Waals surface area contributed by atoms with Gasteiger partial charge in [-0.25, -0.2) is 0 Å². The van der Waals surface area contributed by atoms with Crippen LogP contribution >= 0.6 is 0 Å². The molecule has 2 unspecified atom stereocenters. The van der Waals surface area contributed by atoms with Gasteiger partial charge >= 0.3 is 0 Å². The van der Waals surface area contributed by atoms with Crippen molar-refractivity contribution in [3.63, 3.8) is 0 Å². The number of allylic oxidation sites excluding steroid dienone is 1. The minimum absolute atomic E-state index is 0.193. The summed E-state index contributed by atoms with van der Waals surface area (Å²) in [5.41, 5.74) is 1.43. The summed E-state index contributed by atoms with van der Waals surface area (Å²) in [7, 11) is 0. The van der Waals surface area contributed by atoms with Crippen LogP contribution in [0.1, 0.15) is 47.5 Å². The van der Waals surface area contributed by atoms with Crippen molar-refractivity contribution in [2.24, 2.45) is 11.8 Å². The maximum Gasteiger partial charge on any atom is 0.0749 e. The van der Waals surface area contributed by atoms with Crippen LogP contribution in [0.3, 0.4) is 0 Å². The molecule has 0 aromatic rings. The zero-order valence-corrected chi connectivity index (χ0v) is 9.67. The second-order valence-corrected chi connectivity index (χ2v) is 3.90. The van der Waals surface area contributed by atoms with E-state index in [0.29, 0.717) is 11.8 Å². The molecular weight excluding hydrogens is 160 g/mol. The Labute approximate surface area is 82.9 Å². The predicted octanol–water partition coefficient (Wildman–Crippen LogP) is 3.39. The monoisotopic (exact) mass is 184 g/mol. The van der Waals surface area contributed by atoms with E-state index in [1.165, 1.54) is 12.0 Å². The normalized spacial score (nSPS) is 27.8. The van der Waals surface area contributed by atoms with E-state index in [2.05, 4.69) is 20.8 Å². The summed E-state index contributed by atoms with van der Waals surface area (Å²) in [4.78, 5) is 0. The quantitative estimate of drug-likeness (QED) is 0.619. The predicted molar refractivity (Wildman–Crippen MR) is 58.7 cm³/mol. The Balaban J connectivity index is 0.000000671. The Morgan fingerprint density at radius 1 is 1.38 bits per heavy atom. The van der Waals surface area contributed by atoms with Crippen LogP contribution in [0.2, 0.25) is 0 Å². The Morgan fingerprint density at radius 3 is 2.31 bits per heavy atom. The number of hydrogen-bond acceptors (Lipinski definition) is 1. The lowest BCUT2D eigenvalue weighted by atomic mass is 9.84. The molecule has 0 saturated carbocycles. The van der Waals surface area contributed by atoms with Crippen LogP contribution in [0.5, 0.6) is 0 Å². The van der Waals surface area contributed by atoms with Crippen molar-refractivity contribution in [1.82, 2.24) is 0 Å². The lowest BCUT2D eigenvalue weighted by molar-refractivity contribution is 0.146. The van der Waals surface area contributed by atoms with Crippen LogP contribution in [0, 0.1) is 11.8 Å². The third-order valence-corrected chi connectivity index (χ3v) is 2.60. The van der Waals surface area contributed by atoms with Gasteiger partial charge in [0.05, 0.1) is 6.10 Å². The number of aliphatic hydroxyl groups excluding tert-OH is 1. The smallest absolute Gasteiger partial charge is 0.0749 e. The first kappa shape index (κ1) is 12.7. The van der Waals surface area contributed by atoms with Crippen LogP contribution in [0.15, 0.2) is 11.6 Å². The van der Waals surface area contributed by atoms with Crippen LogP contribution in [0.4, 0.5) is 0 Å². The molecule has 0 aliphatic heterocycles. The highest BCUT2D eigenvalue weighted by atomic mass is 16.3. The van der Waals surface area contributed by atoms with Gasteiger partial charge in [-0.2, -0.15) is 0 Å². The Morgan fingerprint density at radius 2 is 1.92 bits per heavy atom. The molecule has 0 radical (unpaired) electrons. The zero-order chi connectivity index (χ0) is 10.4. The first-order valence-electron chi connectivity index (χ1n) is 5.50. The van der Waals surface area contributed by atoms with Gasteiger partial charge in [0, 0.05) is 0 Å².